The number of hydrogen-bond donors (Lipinski definition) is 3. The normalized spacial score (nSPS) is 17.3. The highest BCUT2D eigenvalue weighted by molar-refractivity contribution is 7.90. The molecule has 2 fully saturated rings. The van der Waals surface area contributed by atoms with Crippen LogP contribution in [0.2, 0.25) is 0 Å². The topological polar surface area (TPSA) is 140 Å². The number of rotatable bonds is 8. The number of aromatic nitrogens is 2. The summed E-state index contributed by atoms with van der Waals surface area (Å²) in [5.74, 6) is -0.645. The van der Waals surface area contributed by atoms with Gasteiger partial charge in [0.25, 0.3) is 0 Å². The third-order valence-electron chi connectivity index (χ3n) is 7.48. The standard InChI is InChI=1S/C26H29FN6O4S/c1-33(10-11-34)38(35,36)32-21-5-3-20(27)25(19(21)15-28)37-18-2-4-22-23(12-18)31-24(16-30-22)17-13-26(14-17)6-8-29-9-7-26/h2-5,12,16-17,29,32,34H,6-11,13-14H2,1H3. The van der Waals surface area contributed by atoms with Crippen molar-refractivity contribution < 1.29 is 22.7 Å². The number of benzene rings is 2. The Kier molecular flexibility index (Phi) is 7.19. The predicted octanol–water partition coefficient (Wildman–Crippen LogP) is 3.26. The monoisotopic (exact) mass is 540 g/mol. The summed E-state index contributed by atoms with van der Waals surface area (Å²) in [5.41, 5.74) is 2.12. The van der Waals surface area contributed by atoms with E-state index in [-0.39, 0.29) is 30.2 Å². The summed E-state index contributed by atoms with van der Waals surface area (Å²) in [5, 5.41) is 22.2. The lowest BCUT2D eigenvalue weighted by atomic mass is 9.57. The molecule has 3 aromatic rings. The maximum absolute atomic E-state index is 14.8. The van der Waals surface area contributed by atoms with Crippen LogP contribution >= 0.6 is 0 Å². The van der Waals surface area contributed by atoms with E-state index in [9.17, 15) is 18.1 Å². The number of nitrogens with one attached hydrogen (secondary N) is 2. The van der Waals surface area contributed by atoms with Gasteiger partial charge in [0, 0.05) is 31.8 Å². The van der Waals surface area contributed by atoms with Crippen molar-refractivity contribution in [2.75, 3.05) is 38.0 Å². The van der Waals surface area contributed by atoms with Gasteiger partial charge >= 0.3 is 10.2 Å². The molecule has 0 bridgehead atoms. The van der Waals surface area contributed by atoms with Crippen LogP contribution in [0.15, 0.2) is 36.5 Å². The fraction of sp³-hybridized carbons (Fsp3) is 0.423. The van der Waals surface area contributed by atoms with Crippen molar-refractivity contribution in [3.63, 3.8) is 0 Å². The van der Waals surface area contributed by atoms with Gasteiger partial charge in [-0.3, -0.25) is 9.71 Å². The summed E-state index contributed by atoms with van der Waals surface area (Å²) in [6.45, 7) is 1.58. The summed E-state index contributed by atoms with van der Waals surface area (Å²) >= 11 is 0. The summed E-state index contributed by atoms with van der Waals surface area (Å²) in [6, 6.07) is 8.94. The number of likely N-dealkylation sites (N-methyl/N-ethyl adjacent to an activating group) is 1. The molecule has 2 aromatic carbocycles. The van der Waals surface area contributed by atoms with Crippen LogP contribution in [-0.4, -0.2) is 61.1 Å². The number of halogens is 1. The van der Waals surface area contributed by atoms with Crippen LogP contribution in [-0.2, 0) is 10.2 Å². The zero-order valence-electron chi connectivity index (χ0n) is 20.9. The van der Waals surface area contributed by atoms with E-state index >= 15 is 0 Å². The van der Waals surface area contributed by atoms with Gasteiger partial charge in [-0.1, -0.05) is 0 Å². The molecular formula is C26H29FN6O4S. The van der Waals surface area contributed by atoms with Crippen molar-refractivity contribution in [2.24, 2.45) is 5.41 Å². The first-order valence-electron chi connectivity index (χ1n) is 12.5. The predicted molar refractivity (Wildman–Crippen MR) is 139 cm³/mol. The fourth-order valence-corrected chi connectivity index (χ4v) is 6.20. The number of nitriles is 1. The number of piperidine rings is 1. The summed E-state index contributed by atoms with van der Waals surface area (Å²) in [4.78, 5) is 9.36. The van der Waals surface area contributed by atoms with Gasteiger partial charge in [0.1, 0.15) is 17.4 Å². The molecule has 0 atom stereocenters. The van der Waals surface area contributed by atoms with E-state index in [2.05, 4.69) is 15.0 Å². The number of aliphatic hydroxyl groups is 1. The highest BCUT2D eigenvalue weighted by atomic mass is 32.2. The van der Waals surface area contributed by atoms with Crippen LogP contribution in [0.4, 0.5) is 10.1 Å². The molecule has 0 amide bonds. The van der Waals surface area contributed by atoms with Crippen molar-refractivity contribution >= 4 is 26.9 Å². The molecule has 1 aliphatic carbocycles. The molecule has 10 nitrogen and oxygen atoms in total. The van der Waals surface area contributed by atoms with E-state index in [1.54, 1.807) is 18.2 Å². The molecule has 38 heavy (non-hydrogen) atoms. The third kappa shape index (κ3) is 5.15. The SMILES string of the molecule is CN(CCO)S(=O)(=O)Nc1ccc(F)c(Oc2ccc3ncc(C4CC5(CCNCC5)C4)nc3c2)c1C#N. The second kappa shape index (κ2) is 10.4. The lowest BCUT2D eigenvalue weighted by Gasteiger charge is -2.50. The number of hydrogen-bond acceptors (Lipinski definition) is 8. The van der Waals surface area contributed by atoms with E-state index < -0.39 is 21.8 Å². The third-order valence-corrected chi connectivity index (χ3v) is 8.96. The van der Waals surface area contributed by atoms with Crippen LogP contribution < -0.4 is 14.8 Å². The number of nitrogens with zero attached hydrogens (tertiary/aromatic N) is 4. The first-order chi connectivity index (χ1) is 18.2. The van der Waals surface area contributed by atoms with E-state index in [1.807, 2.05) is 12.3 Å². The zero-order chi connectivity index (χ0) is 26.9. The van der Waals surface area contributed by atoms with Crippen LogP contribution in [0.5, 0.6) is 11.5 Å². The van der Waals surface area contributed by atoms with Gasteiger partial charge in [-0.25, -0.2) is 9.37 Å². The average molecular weight is 541 g/mol. The highest BCUT2D eigenvalue weighted by Crippen LogP contribution is 2.55. The number of anilines is 1. The van der Waals surface area contributed by atoms with Crippen molar-refractivity contribution in [2.45, 2.75) is 31.6 Å². The van der Waals surface area contributed by atoms with Crippen LogP contribution in [0.25, 0.3) is 11.0 Å². The van der Waals surface area contributed by atoms with Crippen molar-refractivity contribution in [1.82, 2.24) is 19.6 Å². The summed E-state index contributed by atoms with van der Waals surface area (Å²) in [6.07, 6.45) is 6.37. The molecule has 1 spiro atoms. The van der Waals surface area contributed by atoms with Crippen molar-refractivity contribution in [3.05, 3.63) is 53.6 Å². The second-order valence-corrected chi connectivity index (χ2v) is 11.7. The Morgan fingerprint density at radius 3 is 2.74 bits per heavy atom. The minimum Gasteiger partial charge on any atom is -0.453 e. The molecular weight excluding hydrogens is 511 g/mol. The van der Waals surface area contributed by atoms with E-state index in [4.69, 9.17) is 14.8 Å². The van der Waals surface area contributed by atoms with E-state index in [0.717, 1.165) is 48.1 Å². The molecule has 3 N–H and O–H groups in total. The minimum atomic E-state index is -4.09. The van der Waals surface area contributed by atoms with Crippen LogP contribution in [0.3, 0.4) is 0 Å². The van der Waals surface area contributed by atoms with Crippen molar-refractivity contribution in [3.8, 4) is 17.6 Å². The maximum atomic E-state index is 14.8. The smallest absolute Gasteiger partial charge is 0.301 e. The molecule has 1 aromatic heterocycles. The van der Waals surface area contributed by atoms with Gasteiger partial charge in [0.2, 0.25) is 0 Å². The average Bonchev–Trinajstić information content (AvgIpc) is 2.89. The highest BCUT2D eigenvalue weighted by Gasteiger charge is 2.45. The number of ether oxygens (including phenoxy) is 1. The lowest BCUT2D eigenvalue weighted by Crippen LogP contribution is -2.44. The van der Waals surface area contributed by atoms with E-state index in [1.165, 1.54) is 19.9 Å². The van der Waals surface area contributed by atoms with Gasteiger partial charge in [-0.15, -0.1) is 0 Å². The Morgan fingerprint density at radius 2 is 2.03 bits per heavy atom. The first kappa shape index (κ1) is 26.2. The Balaban J connectivity index is 1.39. The molecule has 0 radical (unpaired) electrons. The Bertz CT molecular complexity index is 1500. The Morgan fingerprint density at radius 1 is 1.26 bits per heavy atom. The molecule has 1 aliphatic heterocycles. The molecule has 200 valence electrons. The van der Waals surface area contributed by atoms with Gasteiger partial charge in [-0.05, 0) is 68.5 Å². The molecule has 5 rings (SSSR count). The van der Waals surface area contributed by atoms with E-state index in [0.29, 0.717) is 22.4 Å². The molecule has 12 heteroatoms. The summed E-state index contributed by atoms with van der Waals surface area (Å²) < 4.78 is 48.7. The molecule has 1 saturated heterocycles. The van der Waals surface area contributed by atoms with Gasteiger partial charge in [0.15, 0.2) is 11.6 Å². The van der Waals surface area contributed by atoms with Crippen LogP contribution in [0.1, 0.15) is 42.9 Å². The number of fused-ring (bicyclic) bond motifs is 1. The summed E-state index contributed by atoms with van der Waals surface area (Å²) in [7, 11) is -2.82. The van der Waals surface area contributed by atoms with Gasteiger partial charge in [0.05, 0.1) is 29.0 Å². The molecule has 2 aliphatic rings. The van der Waals surface area contributed by atoms with Crippen LogP contribution in [0, 0.1) is 22.6 Å². The Labute approximate surface area is 220 Å². The quantitative estimate of drug-likeness (QED) is 0.396. The lowest BCUT2D eigenvalue weighted by molar-refractivity contribution is 0.0586. The van der Waals surface area contributed by atoms with Gasteiger partial charge < -0.3 is 15.2 Å². The van der Waals surface area contributed by atoms with Gasteiger partial charge in [-0.2, -0.15) is 18.0 Å². The zero-order valence-corrected chi connectivity index (χ0v) is 21.8. The molecule has 2 heterocycles. The maximum Gasteiger partial charge on any atom is 0.301 e. The fourth-order valence-electron chi connectivity index (χ4n) is 5.27. The first-order valence-corrected chi connectivity index (χ1v) is 13.9. The number of aliphatic hydroxyl groups excluding tert-OH is 1. The molecule has 0 unspecified atom stereocenters. The molecule has 1 saturated carbocycles. The van der Waals surface area contributed by atoms with Crippen molar-refractivity contribution in [1.29, 1.82) is 5.26 Å². The second-order valence-electron chi connectivity index (χ2n) is 9.97. The Hall–Kier alpha value is -3.37. The largest absolute Gasteiger partial charge is 0.453 e. The minimum absolute atomic E-state index is 0.145.